The molecule has 0 spiro atoms. The first-order chi connectivity index (χ1) is 8.33. The second kappa shape index (κ2) is 5.73. The predicted octanol–water partition coefficient (Wildman–Crippen LogP) is 2.52. The van der Waals surface area contributed by atoms with Crippen LogP contribution in [0, 0.1) is 21.4 Å². The molecule has 1 aromatic carbocycles. The number of hydrogen-bond acceptors (Lipinski definition) is 5. The van der Waals surface area contributed by atoms with Gasteiger partial charge in [0.25, 0.3) is 5.69 Å². The summed E-state index contributed by atoms with van der Waals surface area (Å²) in [6.07, 6.45) is 0. The van der Waals surface area contributed by atoms with E-state index in [0.29, 0.717) is 5.56 Å². The standard InChI is InChI=1S/C11H15N3O3Si/c1-18(2,3)17-13-11(8-12)9-4-6-10(7-5-9)14(15)16/h4-7,11,13H,1-3H3. The molecule has 1 rings (SSSR count). The van der Waals surface area contributed by atoms with E-state index in [0.717, 1.165) is 0 Å². The van der Waals surface area contributed by atoms with Gasteiger partial charge in [-0.05, 0) is 37.3 Å². The third-order valence-electron chi connectivity index (χ3n) is 2.05. The van der Waals surface area contributed by atoms with Crippen molar-refractivity contribution in [2.75, 3.05) is 0 Å². The Hall–Kier alpha value is -1.75. The number of nitriles is 1. The van der Waals surface area contributed by atoms with Gasteiger partial charge < -0.3 is 4.53 Å². The molecule has 1 atom stereocenters. The van der Waals surface area contributed by atoms with Gasteiger partial charge in [-0.25, -0.2) is 0 Å². The van der Waals surface area contributed by atoms with E-state index in [1.165, 1.54) is 12.1 Å². The Morgan fingerprint density at radius 3 is 2.33 bits per heavy atom. The summed E-state index contributed by atoms with van der Waals surface area (Å²) in [5.74, 6) is 0. The van der Waals surface area contributed by atoms with E-state index in [1.54, 1.807) is 12.1 Å². The van der Waals surface area contributed by atoms with Crippen LogP contribution in [0.3, 0.4) is 0 Å². The summed E-state index contributed by atoms with van der Waals surface area (Å²) >= 11 is 0. The summed E-state index contributed by atoms with van der Waals surface area (Å²) < 4.78 is 5.45. The molecule has 1 aromatic rings. The van der Waals surface area contributed by atoms with Gasteiger partial charge in [0.15, 0.2) is 0 Å². The summed E-state index contributed by atoms with van der Waals surface area (Å²) in [7, 11) is -1.77. The Labute approximate surface area is 106 Å². The van der Waals surface area contributed by atoms with Crippen molar-refractivity contribution >= 4 is 14.0 Å². The van der Waals surface area contributed by atoms with Crippen molar-refractivity contribution in [2.24, 2.45) is 0 Å². The van der Waals surface area contributed by atoms with Crippen molar-refractivity contribution in [1.29, 1.82) is 5.26 Å². The van der Waals surface area contributed by atoms with Gasteiger partial charge in [-0.3, -0.25) is 10.1 Å². The second-order valence-corrected chi connectivity index (χ2v) is 9.17. The summed E-state index contributed by atoms with van der Waals surface area (Å²) in [4.78, 5) is 10.0. The first kappa shape index (κ1) is 14.3. The summed E-state index contributed by atoms with van der Waals surface area (Å²) in [5, 5.41) is 19.6. The zero-order valence-corrected chi connectivity index (χ0v) is 11.5. The molecule has 0 aromatic heterocycles. The first-order valence-electron chi connectivity index (χ1n) is 5.41. The van der Waals surface area contributed by atoms with Crippen LogP contribution >= 0.6 is 0 Å². The van der Waals surface area contributed by atoms with Crippen molar-refractivity contribution in [2.45, 2.75) is 25.7 Å². The van der Waals surface area contributed by atoms with E-state index in [9.17, 15) is 10.1 Å². The monoisotopic (exact) mass is 265 g/mol. The van der Waals surface area contributed by atoms with Crippen LogP contribution in [0.1, 0.15) is 11.6 Å². The lowest BCUT2D eigenvalue weighted by Gasteiger charge is -2.20. The van der Waals surface area contributed by atoms with Crippen LogP contribution in [-0.4, -0.2) is 13.2 Å². The van der Waals surface area contributed by atoms with E-state index in [4.69, 9.17) is 9.79 Å². The molecular formula is C11H15N3O3Si. The number of nitrogens with one attached hydrogen (secondary N) is 1. The Kier molecular flexibility index (Phi) is 4.55. The van der Waals surface area contributed by atoms with E-state index in [-0.39, 0.29) is 5.69 Å². The molecule has 0 radical (unpaired) electrons. The zero-order chi connectivity index (χ0) is 13.8. The third kappa shape index (κ3) is 4.25. The molecule has 0 bridgehead atoms. The Morgan fingerprint density at radius 1 is 1.39 bits per heavy atom. The predicted molar refractivity (Wildman–Crippen MR) is 69.0 cm³/mol. The summed E-state index contributed by atoms with van der Waals surface area (Å²) in [6, 6.07) is 7.27. The molecule has 0 heterocycles. The molecule has 0 saturated carbocycles. The molecule has 0 aliphatic heterocycles. The molecule has 18 heavy (non-hydrogen) atoms. The highest BCUT2D eigenvalue weighted by Crippen LogP contribution is 2.18. The molecule has 0 aliphatic rings. The topological polar surface area (TPSA) is 88.2 Å². The molecule has 0 aliphatic carbocycles. The quantitative estimate of drug-likeness (QED) is 0.502. The molecular weight excluding hydrogens is 250 g/mol. The minimum absolute atomic E-state index is 0.00144. The Morgan fingerprint density at radius 2 is 1.94 bits per heavy atom. The maximum Gasteiger partial charge on any atom is 0.269 e. The van der Waals surface area contributed by atoms with Crippen molar-refractivity contribution in [3.63, 3.8) is 0 Å². The van der Waals surface area contributed by atoms with Crippen LogP contribution in [0.5, 0.6) is 0 Å². The van der Waals surface area contributed by atoms with Gasteiger partial charge in [-0.1, -0.05) is 0 Å². The van der Waals surface area contributed by atoms with Gasteiger partial charge in [-0.2, -0.15) is 10.7 Å². The lowest BCUT2D eigenvalue weighted by Crippen LogP contribution is -2.35. The first-order valence-corrected chi connectivity index (χ1v) is 8.82. The van der Waals surface area contributed by atoms with Crippen LogP contribution in [0.4, 0.5) is 5.69 Å². The number of nitro groups is 1. The fourth-order valence-electron chi connectivity index (χ4n) is 1.19. The van der Waals surface area contributed by atoms with Gasteiger partial charge in [0.1, 0.15) is 6.04 Å². The molecule has 96 valence electrons. The average molecular weight is 265 g/mol. The smallest absolute Gasteiger partial charge is 0.269 e. The molecule has 7 heteroatoms. The van der Waals surface area contributed by atoms with Gasteiger partial charge >= 0.3 is 0 Å². The average Bonchev–Trinajstić information content (AvgIpc) is 2.29. The maximum absolute atomic E-state index is 10.5. The number of benzene rings is 1. The normalized spacial score (nSPS) is 12.8. The number of hydrogen-bond donors (Lipinski definition) is 1. The molecule has 1 N–H and O–H groups in total. The van der Waals surface area contributed by atoms with Crippen LogP contribution in [0.25, 0.3) is 0 Å². The largest absolute Gasteiger partial charge is 0.344 e. The fourth-order valence-corrected chi connectivity index (χ4v) is 1.66. The number of nitro benzene ring substituents is 1. The third-order valence-corrected chi connectivity index (χ3v) is 2.78. The van der Waals surface area contributed by atoms with Crippen molar-refractivity contribution in [1.82, 2.24) is 5.48 Å². The second-order valence-electron chi connectivity index (χ2n) is 4.74. The van der Waals surface area contributed by atoms with E-state index < -0.39 is 19.3 Å². The highest BCUT2D eigenvalue weighted by atomic mass is 28.4. The van der Waals surface area contributed by atoms with Crippen LogP contribution in [-0.2, 0) is 4.53 Å². The molecule has 1 unspecified atom stereocenters. The van der Waals surface area contributed by atoms with Crippen LogP contribution in [0.15, 0.2) is 24.3 Å². The van der Waals surface area contributed by atoms with Gasteiger partial charge in [0, 0.05) is 12.1 Å². The van der Waals surface area contributed by atoms with Crippen molar-refractivity contribution in [3.8, 4) is 6.07 Å². The maximum atomic E-state index is 10.5. The SMILES string of the molecule is C[Si](C)(C)ONC(C#N)c1ccc([N+](=O)[O-])cc1. The van der Waals surface area contributed by atoms with Gasteiger partial charge in [0.2, 0.25) is 8.32 Å². The highest BCUT2D eigenvalue weighted by Gasteiger charge is 2.19. The lowest BCUT2D eigenvalue weighted by molar-refractivity contribution is -0.384. The minimum atomic E-state index is -1.77. The number of hydroxylamine groups is 1. The van der Waals surface area contributed by atoms with E-state index in [2.05, 4.69) is 11.5 Å². The lowest BCUT2D eigenvalue weighted by atomic mass is 10.1. The van der Waals surface area contributed by atoms with Crippen molar-refractivity contribution < 1.29 is 9.45 Å². The molecule has 0 amide bonds. The van der Waals surface area contributed by atoms with Gasteiger partial charge in [0.05, 0.1) is 11.0 Å². The minimum Gasteiger partial charge on any atom is -0.344 e. The van der Waals surface area contributed by atoms with E-state index in [1.807, 2.05) is 19.6 Å². The fraction of sp³-hybridized carbons (Fsp3) is 0.364. The number of non-ortho nitro benzene ring substituents is 1. The number of nitrogens with zero attached hydrogens (tertiary/aromatic N) is 2. The number of rotatable bonds is 5. The van der Waals surface area contributed by atoms with E-state index >= 15 is 0 Å². The Balaban J connectivity index is 2.77. The van der Waals surface area contributed by atoms with Gasteiger partial charge in [-0.15, -0.1) is 0 Å². The summed E-state index contributed by atoms with van der Waals surface area (Å²) in [6.45, 7) is 5.97. The van der Waals surface area contributed by atoms with Crippen LogP contribution < -0.4 is 5.48 Å². The molecule has 0 saturated heterocycles. The Bertz CT molecular complexity index is 462. The van der Waals surface area contributed by atoms with Crippen LogP contribution in [0.2, 0.25) is 19.6 Å². The van der Waals surface area contributed by atoms with Crippen molar-refractivity contribution in [3.05, 3.63) is 39.9 Å². The summed E-state index contributed by atoms with van der Waals surface area (Å²) in [5.41, 5.74) is 3.35. The highest BCUT2D eigenvalue weighted by molar-refractivity contribution is 6.69. The zero-order valence-electron chi connectivity index (χ0n) is 10.5. The molecule has 6 nitrogen and oxygen atoms in total. The molecule has 0 fully saturated rings.